The number of carbonyl (C=O) groups is 1. The average molecular weight is 323 g/mol. The van der Waals surface area contributed by atoms with Crippen LogP contribution in [0.5, 0.6) is 0 Å². The van der Waals surface area contributed by atoms with Gasteiger partial charge in [0.25, 0.3) is 0 Å². The quantitative estimate of drug-likeness (QED) is 0.574. The van der Waals surface area contributed by atoms with Gasteiger partial charge in [-0.3, -0.25) is 4.79 Å². The smallest absolute Gasteiger partial charge is 0.305 e. The molecule has 0 bridgehead atoms. The Morgan fingerprint density at radius 2 is 1.82 bits per heavy atom. The van der Waals surface area contributed by atoms with Gasteiger partial charge in [-0.25, -0.2) is 0 Å². The maximum atomic E-state index is 11.8. The first-order chi connectivity index (χ1) is 10.2. The van der Waals surface area contributed by atoms with Crippen molar-refractivity contribution in [2.24, 2.45) is 0 Å². The fraction of sp³-hybridized carbons (Fsp3) is 0.611. The molecule has 0 aliphatic carbocycles. The van der Waals surface area contributed by atoms with E-state index in [1.165, 1.54) is 0 Å². The van der Waals surface area contributed by atoms with Crippen LogP contribution < -0.4 is 0 Å². The Morgan fingerprint density at radius 1 is 1.23 bits per heavy atom. The highest BCUT2D eigenvalue weighted by atomic mass is 28.3. The Morgan fingerprint density at radius 3 is 2.27 bits per heavy atom. The molecule has 0 saturated heterocycles. The molecular weight excluding hydrogens is 292 g/mol. The standard InChI is InChI=1S/C18H30O3Si/c1-6-13-18(20,15-11-9-8-10-12-15)14-17(22(3,4)5)21-16(19)7-2/h8-12,17,20H,6-7,13-14H2,1-5H3/t17-,18-/m1/s1. The van der Waals surface area contributed by atoms with Gasteiger partial charge in [0.1, 0.15) is 0 Å². The second-order valence-electron chi connectivity index (χ2n) is 7.05. The molecule has 0 amide bonds. The number of esters is 1. The van der Waals surface area contributed by atoms with Crippen molar-refractivity contribution in [1.82, 2.24) is 0 Å². The number of hydrogen-bond acceptors (Lipinski definition) is 3. The van der Waals surface area contributed by atoms with E-state index in [0.717, 1.165) is 12.0 Å². The number of hydrogen-bond donors (Lipinski definition) is 1. The topological polar surface area (TPSA) is 46.5 Å². The zero-order chi connectivity index (χ0) is 16.8. The van der Waals surface area contributed by atoms with Crippen LogP contribution >= 0.6 is 0 Å². The lowest BCUT2D eigenvalue weighted by molar-refractivity contribution is -0.148. The average Bonchev–Trinajstić information content (AvgIpc) is 2.46. The summed E-state index contributed by atoms with van der Waals surface area (Å²) in [5.74, 6) is -0.181. The lowest BCUT2D eigenvalue weighted by Crippen LogP contribution is -2.46. The molecule has 0 radical (unpaired) electrons. The first-order valence-electron chi connectivity index (χ1n) is 8.20. The summed E-state index contributed by atoms with van der Waals surface area (Å²) in [5, 5.41) is 11.2. The van der Waals surface area contributed by atoms with Crippen LogP contribution in [0.25, 0.3) is 0 Å². The SMILES string of the molecule is CCC[C@@](O)(C[C@H](OC(=O)CC)[Si](C)(C)C)c1ccccc1. The van der Waals surface area contributed by atoms with E-state index in [0.29, 0.717) is 19.3 Å². The van der Waals surface area contributed by atoms with Gasteiger partial charge in [-0.05, 0) is 12.0 Å². The third kappa shape index (κ3) is 5.25. The minimum Gasteiger partial charge on any atom is -0.466 e. The molecule has 0 fully saturated rings. The summed E-state index contributed by atoms with van der Waals surface area (Å²) >= 11 is 0. The fourth-order valence-electron chi connectivity index (χ4n) is 2.60. The number of benzene rings is 1. The van der Waals surface area contributed by atoms with Crippen LogP contribution in [0.4, 0.5) is 0 Å². The van der Waals surface area contributed by atoms with Crippen molar-refractivity contribution in [1.29, 1.82) is 0 Å². The Kier molecular flexibility index (Phi) is 6.82. The lowest BCUT2D eigenvalue weighted by Gasteiger charge is -2.37. The van der Waals surface area contributed by atoms with E-state index in [-0.39, 0.29) is 11.7 Å². The van der Waals surface area contributed by atoms with Gasteiger partial charge >= 0.3 is 5.97 Å². The summed E-state index contributed by atoms with van der Waals surface area (Å²) in [6, 6.07) is 9.75. The van der Waals surface area contributed by atoms with Crippen molar-refractivity contribution < 1.29 is 14.6 Å². The monoisotopic (exact) mass is 322 g/mol. The van der Waals surface area contributed by atoms with Gasteiger partial charge in [0, 0.05) is 12.8 Å². The van der Waals surface area contributed by atoms with Crippen molar-refractivity contribution in [3.05, 3.63) is 35.9 Å². The molecule has 0 aliphatic rings. The van der Waals surface area contributed by atoms with Crippen LogP contribution in [-0.2, 0) is 15.1 Å². The molecule has 0 unspecified atom stereocenters. The Bertz CT molecular complexity index is 467. The number of aliphatic hydroxyl groups is 1. The van der Waals surface area contributed by atoms with Crippen LogP contribution in [0.3, 0.4) is 0 Å². The molecule has 22 heavy (non-hydrogen) atoms. The van der Waals surface area contributed by atoms with Gasteiger partial charge in [0.2, 0.25) is 0 Å². The first kappa shape index (κ1) is 18.9. The maximum absolute atomic E-state index is 11.8. The van der Waals surface area contributed by atoms with Crippen molar-refractivity contribution >= 4 is 14.0 Å². The van der Waals surface area contributed by atoms with Crippen LogP contribution in [0.2, 0.25) is 19.6 Å². The zero-order valence-electron chi connectivity index (χ0n) is 14.6. The van der Waals surface area contributed by atoms with E-state index in [1.54, 1.807) is 6.92 Å². The van der Waals surface area contributed by atoms with E-state index in [1.807, 2.05) is 30.3 Å². The van der Waals surface area contributed by atoms with E-state index in [4.69, 9.17) is 4.74 Å². The third-order valence-electron chi connectivity index (χ3n) is 4.03. The summed E-state index contributed by atoms with van der Waals surface area (Å²) in [7, 11) is -1.74. The van der Waals surface area contributed by atoms with Gasteiger partial charge < -0.3 is 9.84 Å². The molecule has 0 spiro atoms. The van der Waals surface area contributed by atoms with Crippen LogP contribution in [0.15, 0.2) is 30.3 Å². The van der Waals surface area contributed by atoms with Gasteiger partial charge in [0.05, 0.1) is 19.4 Å². The van der Waals surface area contributed by atoms with Crippen LogP contribution in [0.1, 0.15) is 45.1 Å². The van der Waals surface area contributed by atoms with Crippen molar-refractivity contribution in [2.45, 2.75) is 70.5 Å². The highest BCUT2D eigenvalue weighted by Crippen LogP contribution is 2.34. The van der Waals surface area contributed by atoms with E-state index < -0.39 is 13.7 Å². The fourth-order valence-corrected chi connectivity index (χ4v) is 4.03. The van der Waals surface area contributed by atoms with Crippen molar-refractivity contribution in [3.8, 4) is 0 Å². The number of carbonyl (C=O) groups excluding carboxylic acids is 1. The molecule has 0 saturated carbocycles. The first-order valence-corrected chi connectivity index (χ1v) is 11.8. The zero-order valence-corrected chi connectivity index (χ0v) is 15.6. The molecule has 2 atom stereocenters. The largest absolute Gasteiger partial charge is 0.466 e. The molecular formula is C18H30O3Si. The summed E-state index contributed by atoms with van der Waals surface area (Å²) in [6.07, 6.45) is 2.40. The van der Waals surface area contributed by atoms with Crippen LogP contribution in [0, 0.1) is 0 Å². The molecule has 1 aromatic rings. The molecule has 124 valence electrons. The van der Waals surface area contributed by atoms with Gasteiger partial charge in [0.15, 0.2) is 0 Å². The van der Waals surface area contributed by atoms with E-state index >= 15 is 0 Å². The predicted molar refractivity (Wildman–Crippen MR) is 93.4 cm³/mol. The van der Waals surface area contributed by atoms with Crippen molar-refractivity contribution in [2.75, 3.05) is 0 Å². The highest BCUT2D eigenvalue weighted by molar-refractivity contribution is 6.77. The third-order valence-corrected chi connectivity index (χ3v) is 6.28. The van der Waals surface area contributed by atoms with Gasteiger partial charge in [-0.1, -0.05) is 70.2 Å². The molecule has 4 heteroatoms. The molecule has 1 rings (SSSR count). The molecule has 1 aromatic carbocycles. The molecule has 0 aromatic heterocycles. The summed E-state index contributed by atoms with van der Waals surface area (Å²) in [6.45, 7) is 10.4. The normalized spacial score (nSPS) is 15.9. The molecule has 1 N–H and O–H groups in total. The second-order valence-corrected chi connectivity index (χ2v) is 12.4. The summed E-state index contributed by atoms with van der Waals surface area (Å²) in [5.41, 5.74) is -0.209. The Balaban J connectivity index is 3.06. The minimum atomic E-state index is -1.74. The van der Waals surface area contributed by atoms with E-state index in [2.05, 4.69) is 26.6 Å². The lowest BCUT2D eigenvalue weighted by atomic mass is 9.86. The number of ether oxygens (including phenoxy) is 1. The molecule has 0 aliphatic heterocycles. The number of rotatable bonds is 8. The minimum absolute atomic E-state index is 0.181. The predicted octanol–water partition coefficient (Wildman–Crippen LogP) is 4.26. The maximum Gasteiger partial charge on any atom is 0.305 e. The Labute approximate surface area is 135 Å². The highest BCUT2D eigenvalue weighted by Gasteiger charge is 2.39. The van der Waals surface area contributed by atoms with Crippen molar-refractivity contribution in [3.63, 3.8) is 0 Å². The van der Waals surface area contributed by atoms with E-state index in [9.17, 15) is 9.90 Å². The molecule has 0 heterocycles. The van der Waals surface area contributed by atoms with Gasteiger partial charge in [-0.15, -0.1) is 0 Å². The summed E-state index contributed by atoms with van der Waals surface area (Å²) < 4.78 is 5.69. The summed E-state index contributed by atoms with van der Waals surface area (Å²) in [4.78, 5) is 11.8. The Hall–Kier alpha value is -1.13. The second kappa shape index (κ2) is 7.93. The molecule has 3 nitrogen and oxygen atoms in total. The van der Waals surface area contributed by atoms with Gasteiger partial charge in [-0.2, -0.15) is 0 Å². The van der Waals surface area contributed by atoms with Crippen LogP contribution in [-0.4, -0.2) is 24.9 Å².